The molecule has 0 N–H and O–H groups in total. The number of hydrogen-bond acceptors (Lipinski definition) is 5. The minimum atomic E-state index is -0.798. The lowest BCUT2D eigenvalue weighted by molar-refractivity contribution is -0.130. The summed E-state index contributed by atoms with van der Waals surface area (Å²) in [5.74, 6) is -1.59. The third kappa shape index (κ3) is 3.76. The van der Waals surface area contributed by atoms with Crippen LogP contribution in [-0.2, 0) is 4.79 Å². The van der Waals surface area contributed by atoms with Gasteiger partial charge in [0.15, 0.2) is 10.8 Å². The first-order valence-corrected chi connectivity index (χ1v) is 9.95. The van der Waals surface area contributed by atoms with E-state index in [4.69, 9.17) is 11.6 Å². The number of rotatable bonds is 3. The monoisotopic (exact) mass is 422 g/mol. The van der Waals surface area contributed by atoms with Crippen LogP contribution < -0.4 is 0 Å². The van der Waals surface area contributed by atoms with Gasteiger partial charge < -0.3 is 9.80 Å². The second-order valence-electron chi connectivity index (χ2n) is 7.15. The van der Waals surface area contributed by atoms with Crippen LogP contribution >= 0.6 is 11.6 Å². The quantitative estimate of drug-likeness (QED) is 0.478. The summed E-state index contributed by atoms with van der Waals surface area (Å²) in [5.41, 5.74) is 1.48. The fraction of sp³-hybridized carbons (Fsp3) is 0.227. The summed E-state index contributed by atoms with van der Waals surface area (Å²) in [6.45, 7) is 2.74. The molecule has 1 aromatic heterocycles. The second kappa shape index (κ2) is 8.20. The Hall–Kier alpha value is -3.32. The third-order valence-electron chi connectivity index (χ3n) is 5.13. The number of amides is 2. The molecule has 4 rings (SSSR count). The van der Waals surface area contributed by atoms with Gasteiger partial charge in [0.05, 0.1) is 11.0 Å². The summed E-state index contributed by atoms with van der Waals surface area (Å²) in [4.78, 5) is 50.0. The van der Waals surface area contributed by atoms with E-state index in [1.165, 1.54) is 4.90 Å². The number of para-hydroxylation sites is 2. The van der Waals surface area contributed by atoms with E-state index in [1.54, 1.807) is 41.3 Å². The van der Waals surface area contributed by atoms with Gasteiger partial charge in [-0.2, -0.15) is 0 Å². The molecule has 1 saturated heterocycles. The maximum absolute atomic E-state index is 12.9. The van der Waals surface area contributed by atoms with E-state index in [-0.39, 0.29) is 29.3 Å². The molecule has 1 atom stereocenters. The Balaban J connectivity index is 1.50. The van der Waals surface area contributed by atoms with Crippen molar-refractivity contribution in [2.24, 2.45) is 0 Å². The molecule has 2 heterocycles. The summed E-state index contributed by atoms with van der Waals surface area (Å²) in [5, 5.41) is -0.0994. The van der Waals surface area contributed by atoms with E-state index in [0.29, 0.717) is 29.7 Å². The predicted molar refractivity (Wildman–Crippen MR) is 112 cm³/mol. The lowest BCUT2D eigenvalue weighted by Gasteiger charge is -2.39. The summed E-state index contributed by atoms with van der Waals surface area (Å²) in [6.07, 6.45) is 0. The van der Waals surface area contributed by atoms with E-state index in [0.717, 1.165) is 0 Å². The molecule has 1 fully saturated rings. The van der Waals surface area contributed by atoms with Crippen molar-refractivity contribution in [1.29, 1.82) is 0 Å². The number of fused-ring (bicyclic) bond motifs is 1. The minimum absolute atomic E-state index is 0.0932. The molecule has 1 unspecified atom stereocenters. The van der Waals surface area contributed by atoms with Crippen LogP contribution in [-0.4, -0.2) is 63.0 Å². The topological polar surface area (TPSA) is 83.5 Å². The summed E-state index contributed by atoms with van der Waals surface area (Å²) in [6, 6.07) is 15.7. The molecule has 0 radical (unpaired) electrons. The molecule has 152 valence electrons. The molecule has 1 aliphatic heterocycles. The van der Waals surface area contributed by atoms with E-state index in [9.17, 15) is 14.4 Å². The molecule has 30 heavy (non-hydrogen) atoms. The molecule has 3 aromatic rings. The number of nitrogens with zero attached hydrogens (tertiary/aromatic N) is 4. The van der Waals surface area contributed by atoms with Crippen LogP contribution in [0.15, 0.2) is 54.6 Å². The van der Waals surface area contributed by atoms with E-state index >= 15 is 0 Å². The van der Waals surface area contributed by atoms with Gasteiger partial charge in [0, 0.05) is 31.2 Å². The average Bonchev–Trinajstić information content (AvgIpc) is 2.77. The van der Waals surface area contributed by atoms with E-state index in [1.807, 2.05) is 25.1 Å². The average molecular weight is 423 g/mol. The van der Waals surface area contributed by atoms with E-state index in [2.05, 4.69) is 9.97 Å². The number of benzene rings is 2. The van der Waals surface area contributed by atoms with Crippen molar-refractivity contribution in [3.8, 4) is 0 Å². The van der Waals surface area contributed by atoms with Crippen molar-refractivity contribution in [3.63, 3.8) is 0 Å². The van der Waals surface area contributed by atoms with Gasteiger partial charge in [0.25, 0.3) is 17.6 Å². The van der Waals surface area contributed by atoms with Crippen molar-refractivity contribution in [1.82, 2.24) is 19.8 Å². The smallest absolute Gasteiger partial charge is 0.297 e. The van der Waals surface area contributed by atoms with Crippen molar-refractivity contribution in [2.45, 2.75) is 13.0 Å². The largest absolute Gasteiger partial charge is 0.335 e. The van der Waals surface area contributed by atoms with Crippen LogP contribution in [0, 0.1) is 0 Å². The van der Waals surface area contributed by atoms with Gasteiger partial charge in [-0.1, -0.05) is 41.9 Å². The number of carbonyl (C=O) groups excluding carboxylic acids is 3. The highest BCUT2D eigenvalue weighted by atomic mass is 35.5. The number of aromatic nitrogens is 2. The number of Topliss-reactive ketones (excluding diaryl/α,β-unsaturated/α-hetero) is 1. The van der Waals surface area contributed by atoms with Gasteiger partial charge in [0.1, 0.15) is 0 Å². The van der Waals surface area contributed by atoms with Gasteiger partial charge in [-0.25, -0.2) is 9.97 Å². The second-order valence-corrected chi connectivity index (χ2v) is 7.50. The first-order valence-electron chi connectivity index (χ1n) is 9.57. The zero-order valence-corrected chi connectivity index (χ0v) is 17.0. The minimum Gasteiger partial charge on any atom is -0.335 e. The zero-order valence-electron chi connectivity index (χ0n) is 16.3. The molecular formula is C22H19ClN4O3. The van der Waals surface area contributed by atoms with Gasteiger partial charge in [-0.3, -0.25) is 14.4 Å². The Bertz CT molecular complexity index is 1140. The molecule has 2 aromatic carbocycles. The first kappa shape index (κ1) is 20.0. The van der Waals surface area contributed by atoms with Gasteiger partial charge in [-0.15, -0.1) is 0 Å². The van der Waals surface area contributed by atoms with Crippen molar-refractivity contribution < 1.29 is 14.4 Å². The van der Waals surface area contributed by atoms with Crippen LogP contribution in [0.25, 0.3) is 11.0 Å². The van der Waals surface area contributed by atoms with Crippen LogP contribution in [0.2, 0.25) is 5.15 Å². The normalized spacial score (nSPS) is 16.5. The highest BCUT2D eigenvalue weighted by Gasteiger charge is 2.35. The van der Waals surface area contributed by atoms with Crippen LogP contribution in [0.1, 0.15) is 27.8 Å². The lowest BCUT2D eigenvalue weighted by Crippen LogP contribution is -2.56. The highest BCUT2D eigenvalue weighted by molar-refractivity contribution is 6.46. The predicted octanol–water partition coefficient (Wildman–Crippen LogP) is 2.84. The molecule has 0 bridgehead atoms. The number of hydrogen-bond donors (Lipinski definition) is 0. The SMILES string of the molecule is CC1CN(C(=O)c2ccccc2)CCN1C(=O)C(=O)c1nc2ccccc2nc1Cl. The molecule has 0 spiro atoms. The maximum atomic E-state index is 12.9. The number of carbonyl (C=O) groups is 3. The molecule has 0 saturated carbocycles. The molecule has 1 aliphatic rings. The molecule has 8 heteroatoms. The Morgan fingerprint density at radius 3 is 2.23 bits per heavy atom. The Kier molecular flexibility index (Phi) is 5.46. The molecule has 2 amide bonds. The summed E-state index contributed by atoms with van der Waals surface area (Å²) in [7, 11) is 0. The fourth-order valence-electron chi connectivity index (χ4n) is 3.56. The highest BCUT2D eigenvalue weighted by Crippen LogP contribution is 2.20. The Labute approximate surface area is 178 Å². The van der Waals surface area contributed by atoms with Crippen LogP contribution in [0.3, 0.4) is 0 Å². The number of piperazine rings is 1. The number of halogens is 1. The van der Waals surface area contributed by atoms with Crippen LogP contribution in [0.5, 0.6) is 0 Å². The van der Waals surface area contributed by atoms with Gasteiger partial charge in [0.2, 0.25) is 0 Å². The number of ketones is 1. The van der Waals surface area contributed by atoms with Gasteiger partial charge in [-0.05, 0) is 31.2 Å². The third-order valence-corrected chi connectivity index (χ3v) is 5.40. The molecular weight excluding hydrogens is 404 g/mol. The lowest BCUT2D eigenvalue weighted by atomic mass is 10.1. The summed E-state index contributed by atoms with van der Waals surface area (Å²) < 4.78 is 0. The first-order chi connectivity index (χ1) is 14.5. The Morgan fingerprint density at radius 1 is 0.933 bits per heavy atom. The maximum Gasteiger partial charge on any atom is 0.297 e. The van der Waals surface area contributed by atoms with Crippen molar-refractivity contribution in [2.75, 3.05) is 19.6 Å². The molecule has 0 aliphatic carbocycles. The molecule has 7 nitrogen and oxygen atoms in total. The van der Waals surface area contributed by atoms with Gasteiger partial charge >= 0.3 is 0 Å². The summed E-state index contributed by atoms with van der Waals surface area (Å²) >= 11 is 6.13. The van der Waals surface area contributed by atoms with Crippen LogP contribution in [0.4, 0.5) is 0 Å². The Morgan fingerprint density at radius 2 is 1.57 bits per heavy atom. The van der Waals surface area contributed by atoms with Crippen molar-refractivity contribution >= 4 is 40.2 Å². The van der Waals surface area contributed by atoms with E-state index < -0.39 is 11.7 Å². The zero-order chi connectivity index (χ0) is 21.3. The van der Waals surface area contributed by atoms with Crippen molar-refractivity contribution in [3.05, 3.63) is 71.0 Å². The standard InChI is InChI=1S/C22H19ClN4O3/c1-14-13-26(21(29)15-7-3-2-4-8-15)11-12-27(14)22(30)19(28)18-20(23)25-17-10-6-5-9-16(17)24-18/h2-10,14H,11-13H2,1H3. The fourth-order valence-corrected chi connectivity index (χ4v) is 3.78.